The Hall–Kier alpha value is -3.58. The highest BCUT2D eigenvalue weighted by molar-refractivity contribution is 6.30. The number of hydrazone groups is 1. The molecule has 1 aromatic carbocycles. The Morgan fingerprint density at radius 2 is 1.91 bits per heavy atom. The number of amides is 1. The maximum atomic E-state index is 13.2. The molecule has 174 valence electrons. The molecular formula is C26H23ClN2O5. The van der Waals surface area contributed by atoms with Crippen LogP contribution in [0.3, 0.4) is 0 Å². The second-order valence-electron chi connectivity index (χ2n) is 8.33. The topological polar surface area (TPSA) is 85.3 Å². The molecule has 1 amide bonds. The van der Waals surface area contributed by atoms with Crippen molar-refractivity contribution in [2.45, 2.75) is 31.7 Å². The van der Waals surface area contributed by atoms with Gasteiger partial charge in [0.15, 0.2) is 6.61 Å². The van der Waals surface area contributed by atoms with E-state index in [1.807, 2.05) is 24.3 Å². The second-order valence-corrected chi connectivity index (χ2v) is 8.77. The SMILES string of the molecule is O=C(Cc1ccc(Cl)cc1)OCC(=O)N1N=C2C(=Cc3ccco3)CCCC2C1c1ccco1. The van der Waals surface area contributed by atoms with Crippen LogP contribution >= 0.6 is 11.6 Å². The molecule has 0 N–H and O–H groups in total. The maximum absolute atomic E-state index is 13.2. The fourth-order valence-electron chi connectivity index (χ4n) is 4.52. The van der Waals surface area contributed by atoms with Crippen LogP contribution in [0.25, 0.3) is 6.08 Å². The number of nitrogens with zero attached hydrogens (tertiary/aromatic N) is 2. The Balaban J connectivity index is 1.33. The third-order valence-electron chi connectivity index (χ3n) is 6.07. The summed E-state index contributed by atoms with van der Waals surface area (Å²) in [6, 6.07) is 13.9. The summed E-state index contributed by atoms with van der Waals surface area (Å²) in [5, 5.41) is 6.71. The van der Waals surface area contributed by atoms with Crippen molar-refractivity contribution in [3.63, 3.8) is 0 Å². The molecule has 34 heavy (non-hydrogen) atoms. The average molecular weight is 479 g/mol. The summed E-state index contributed by atoms with van der Waals surface area (Å²) >= 11 is 5.89. The Kier molecular flexibility index (Phi) is 6.36. The number of carbonyl (C=O) groups excluding carboxylic acids is 2. The normalized spacial score (nSPS) is 20.8. The first-order valence-corrected chi connectivity index (χ1v) is 11.5. The second kappa shape index (κ2) is 9.73. The van der Waals surface area contributed by atoms with E-state index in [0.717, 1.165) is 41.9 Å². The molecule has 3 heterocycles. The van der Waals surface area contributed by atoms with Crippen LogP contribution in [0.4, 0.5) is 0 Å². The monoisotopic (exact) mass is 478 g/mol. The fourth-order valence-corrected chi connectivity index (χ4v) is 4.64. The molecule has 1 fully saturated rings. The van der Waals surface area contributed by atoms with Gasteiger partial charge in [-0.1, -0.05) is 23.7 Å². The number of rotatable bonds is 6. The van der Waals surface area contributed by atoms with E-state index >= 15 is 0 Å². The lowest BCUT2D eigenvalue weighted by atomic mass is 9.79. The molecule has 5 rings (SSSR count). The number of benzene rings is 1. The highest BCUT2D eigenvalue weighted by Crippen LogP contribution is 2.44. The van der Waals surface area contributed by atoms with Crippen molar-refractivity contribution in [2.24, 2.45) is 11.0 Å². The third kappa shape index (κ3) is 4.70. The zero-order chi connectivity index (χ0) is 23.5. The van der Waals surface area contributed by atoms with E-state index in [4.69, 9.17) is 30.3 Å². The molecule has 0 spiro atoms. The van der Waals surface area contributed by atoms with Gasteiger partial charge in [-0.25, -0.2) is 5.01 Å². The van der Waals surface area contributed by atoms with Gasteiger partial charge in [0.1, 0.15) is 17.6 Å². The molecule has 1 aliphatic heterocycles. The van der Waals surface area contributed by atoms with Gasteiger partial charge >= 0.3 is 5.97 Å². The largest absolute Gasteiger partial charge is 0.467 e. The molecule has 1 saturated carbocycles. The molecule has 2 aromatic heterocycles. The van der Waals surface area contributed by atoms with E-state index < -0.39 is 18.5 Å². The molecule has 7 nitrogen and oxygen atoms in total. The van der Waals surface area contributed by atoms with Crippen molar-refractivity contribution in [2.75, 3.05) is 6.61 Å². The van der Waals surface area contributed by atoms with Crippen molar-refractivity contribution in [1.82, 2.24) is 5.01 Å². The van der Waals surface area contributed by atoms with E-state index in [2.05, 4.69) is 0 Å². The van der Waals surface area contributed by atoms with Crippen molar-refractivity contribution in [3.05, 3.63) is 88.7 Å². The van der Waals surface area contributed by atoms with Gasteiger partial charge in [0.05, 0.1) is 24.7 Å². The first-order valence-electron chi connectivity index (χ1n) is 11.2. The van der Waals surface area contributed by atoms with Crippen LogP contribution in [0.5, 0.6) is 0 Å². The van der Waals surface area contributed by atoms with Gasteiger partial charge in [-0.3, -0.25) is 9.59 Å². The minimum absolute atomic E-state index is 0.00479. The molecule has 0 radical (unpaired) electrons. The van der Waals surface area contributed by atoms with Crippen LogP contribution in [-0.2, 0) is 20.7 Å². The van der Waals surface area contributed by atoms with Crippen LogP contribution in [0.1, 0.15) is 42.4 Å². The Morgan fingerprint density at radius 1 is 1.12 bits per heavy atom. The molecule has 2 unspecified atom stereocenters. The number of fused-ring (bicyclic) bond motifs is 1. The van der Waals surface area contributed by atoms with E-state index in [9.17, 15) is 9.59 Å². The summed E-state index contributed by atoms with van der Waals surface area (Å²) in [7, 11) is 0. The first-order chi connectivity index (χ1) is 16.6. The van der Waals surface area contributed by atoms with Gasteiger partial charge in [0.25, 0.3) is 5.91 Å². The van der Waals surface area contributed by atoms with Crippen molar-refractivity contribution >= 4 is 35.3 Å². The fraction of sp³-hybridized carbons (Fsp3) is 0.269. The van der Waals surface area contributed by atoms with Crippen molar-refractivity contribution in [3.8, 4) is 0 Å². The van der Waals surface area contributed by atoms with Crippen LogP contribution in [0, 0.1) is 5.92 Å². The van der Waals surface area contributed by atoms with Crippen molar-refractivity contribution in [1.29, 1.82) is 0 Å². The molecule has 0 saturated heterocycles. The van der Waals surface area contributed by atoms with Gasteiger partial charge in [0.2, 0.25) is 0 Å². The van der Waals surface area contributed by atoms with Crippen LogP contribution in [0.2, 0.25) is 5.02 Å². The van der Waals surface area contributed by atoms with Crippen LogP contribution in [0.15, 0.2) is 80.6 Å². The lowest BCUT2D eigenvalue weighted by Crippen LogP contribution is -2.34. The minimum Gasteiger partial charge on any atom is -0.467 e. The van der Waals surface area contributed by atoms with Crippen LogP contribution in [-0.4, -0.2) is 29.2 Å². The number of ether oxygens (including phenoxy) is 1. The zero-order valence-electron chi connectivity index (χ0n) is 18.4. The number of esters is 1. The molecule has 3 aromatic rings. The van der Waals surface area contributed by atoms with Gasteiger partial charge in [-0.05, 0) is 72.9 Å². The molecule has 0 bridgehead atoms. The Labute approximate surface area is 201 Å². The first kappa shape index (κ1) is 22.2. The number of hydrogen-bond donors (Lipinski definition) is 0. The van der Waals surface area contributed by atoms with Crippen molar-refractivity contribution < 1.29 is 23.2 Å². The van der Waals surface area contributed by atoms with Crippen LogP contribution < -0.4 is 0 Å². The summed E-state index contributed by atoms with van der Waals surface area (Å²) in [6.45, 7) is -0.398. The lowest BCUT2D eigenvalue weighted by Gasteiger charge is -2.27. The van der Waals surface area contributed by atoms with E-state index in [-0.39, 0.29) is 18.4 Å². The summed E-state index contributed by atoms with van der Waals surface area (Å²) in [4.78, 5) is 25.5. The predicted molar refractivity (Wildman–Crippen MR) is 126 cm³/mol. The molecule has 1 aliphatic carbocycles. The minimum atomic E-state index is -0.493. The molecular weight excluding hydrogens is 456 g/mol. The summed E-state index contributed by atoms with van der Waals surface area (Å²) in [5.74, 6) is 0.505. The Bertz CT molecular complexity index is 1210. The predicted octanol–water partition coefficient (Wildman–Crippen LogP) is 5.43. The lowest BCUT2D eigenvalue weighted by molar-refractivity contribution is -0.152. The number of furan rings is 2. The van der Waals surface area contributed by atoms with E-state index in [1.54, 1.807) is 42.9 Å². The number of halogens is 1. The maximum Gasteiger partial charge on any atom is 0.310 e. The highest BCUT2D eigenvalue weighted by atomic mass is 35.5. The number of hydrogen-bond acceptors (Lipinski definition) is 6. The van der Waals surface area contributed by atoms with E-state index in [0.29, 0.717) is 10.8 Å². The number of carbonyl (C=O) groups is 2. The van der Waals surface area contributed by atoms with Gasteiger partial charge in [0, 0.05) is 10.9 Å². The summed E-state index contributed by atoms with van der Waals surface area (Å²) < 4.78 is 16.5. The summed E-state index contributed by atoms with van der Waals surface area (Å²) in [6.07, 6.45) is 7.93. The standard InChI is InChI=1S/C26H23ClN2O5/c27-19-10-8-17(9-11-19)14-24(31)34-16-23(30)29-26(22-7-3-13-33-22)21-6-1-4-18(25(21)28-29)15-20-5-2-12-32-20/h2-3,5,7-13,15,21,26H,1,4,6,14,16H2. The van der Waals surface area contributed by atoms with Gasteiger partial charge < -0.3 is 13.6 Å². The van der Waals surface area contributed by atoms with Gasteiger partial charge in [-0.2, -0.15) is 5.10 Å². The molecule has 2 atom stereocenters. The zero-order valence-corrected chi connectivity index (χ0v) is 19.1. The quantitative estimate of drug-likeness (QED) is 0.441. The molecule has 8 heteroatoms. The van der Waals surface area contributed by atoms with E-state index in [1.165, 1.54) is 5.01 Å². The Morgan fingerprint density at radius 3 is 2.65 bits per heavy atom. The smallest absolute Gasteiger partial charge is 0.310 e. The molecule has 2 aliphatic rings. The average Bonchev–Trinajstić information content (AvgIpc) is 3.60. The summed E-state index contributed by atoms with van der Waals surface area (Å²) in [5.41, 5.74) is 2.65. The third-order valence-corrected chi connectivity index (χ3v) is 6.32. The number of allylic oxidation sites excluding steroid dienone is 1. The highest BCUT2D eigenvalue weighted by Gasteiger charge is 2.45. The van der Waals surface area contributed by atoms with Gasteiger partial charge in [-0.15, -0.1) is 0 Å².